The highest BCUT2D eigenvalue weighted by atomic mass is 35.5. The molecule has 1 aliphatic carbocycles. The van der Waals surface area contributed by atoms with Gasteiger partial charge in [-0.05, 0) is 100 Å². The van der Waals surface area contributed by atoms with E-state index in [1.54, 1.807) is 6.07 Å². The van der Waals surface area contributed by atoms with Crippen LogP contribution in [0.15, 0.2) is 36.5 Å². The highest BCUT2D eigenvalue weighted by molar-refractivity contribution is 6.33. The third-order valence-corrected chi connectivity index (χ3v) is 9.39. The summed E-state index contributed by atoms with van der Waals surface area (Å²) in [5.74, 6) is 2.02. The van der Waals surface area contributed by atoms with Crippen LogP contribution in [0.4, 0.5) is 17.3 Å². The average Bonchev–Trinajstić information content (AvgIpc) is 3.61. The fraction of sp³-hybridized carbons (Fsp3) is 0.548. The Balaban J connectivity index is 1.07. The summed E-state index contributed by atoms with van der Waals surface area (Å²) < 4.78 is 0. The molecule has 1 saturated carbocycles. The van der Waals surface area contributed by atoms with E-state index in [2.05, 4.69) is 32.2 Å². The van der Waals surface area contributed by atoms with Gasteiger partial charge in [0.15, 0.2) is 0 Å². The summed E-state index contributed by atoms with van der Waals surface area (Å²) in [6.45, 7) is 5.53. The number of anilines is 3. The lowest BCUT2D eigenvalue weighted by Gasteiger charge is -2.34. The minimum Gasteiger partial charge on any atom is -0.508 e. The van der Waals surface area contributed by atoms with Crippen LogP contribution in [0, 0.1) is 5.92 Å². The molecule has 1 unspecified atom stereocenters. The molecule has 1 aromatic heterocycles. The van der Waals surface area contributed by atoms with Crippen LogP contribution in [-0.2, 0) is 0 Å². The molecule has 0 radical (unpaired) electrons. The number of nitrogens with one attached hydrogen (secondary N) is 1. The van der Waals surface area contributed by atoms with Gasteiger partial charge in [0.2, 0.25) is 5.95 Å². The number of aromatic nitrogens is 2. The Hall–Kier alpha value is -2.61. The Morgan fingerprint density at radius 3 is 2.59 bits per heavy atom. The predicted molar refractivity (Wildman–Crippen MR) is 160 cm³/mol. The minimum absolute atomic E-state index is 0.339. The van der Waals surface area contributed by atoms with Crippen LogP contribution in [-0.4, -0.2) is 58.7 Å². The van der Waals surface area contributed by atoms with Gasteiger partial charge in [0.05, 0.1) is 16.2 Å². The van der Waals surface area contributed by atoms with E-state index in [0.29, 0.717) is 23.7 Å². The van der Waals surface area contributed by atoms with Crippen LogP contribution < -0.4 is 16.0 Å². The molecule has 0 spiro atoms. The summed E-state index contributed by atoms with van der Waals surface area (Å²) in [7, 11) is 0. The summed E-state index contributed by atoms with van der Waals surface area (Å²) in [5.41, 5.74) is 9.81. The highest BCUT2D eigenvalue weighted by Gasteiger charge is 2.25. The van der Waals surface area contributed by atoms with E-state index in [9.17, 15) is 5.11 Å². The molecule has 2 saturated heterocycles. The van der Waals surface area contributed by atoms with Crippen molar-refractivity contribution >= 4 is 39.8 Å². The smallest absolute Gasteiger partial charge is 0.227 e. The quantitative estimate of drug-likeness (QED) is 0.299. The number of halogens is 1. The molecule has 4 N–H and O–H groups in total. The van der Waals surface area contributed by atoms with Gasteiger partial charge >= 0.3 is 0 Å². The summed E-state index contributed by atoms with van der Waals surface area (Å²) in [6, 6.07) is 10.2. The molecular weight excluding hydrogens is 508 g/mol. The Kier molecular flexibility index (Phi) is 8.09. The third-order valence-electron chi connectivity index (χ3n) is 9.09. The Morgan fingerprint density at radius 1 is 1.03 bits per heavy atom. The average molecular weight is 549 g/mol. The number of benzene rings is 2. The molecule has 3 fully saturated rings. The monoisotopic (exact) mass is 548 g/mol. The Bertz CT molecular complexity index is 1290. The number of aromatic hydroxyl groups is 1. The zero-order valence-corrected chi connectivity index (χ0v) is 23.5. The van der Waals surface area contributed by atoms with Gasteiger partial charge < -0.3 is 26.0 Å². The largest absolute Gasteiger partial charge is 0.508 e. The van der Waals surface area contributed by atoms with Gasteiger partial charge in [0.25, 0.3) is 0 Å². The Morgan fingerprint density at radius 2 is 1.85 bits per heavy atom. The van der Waals surface area contributed by atoms with Crippen molar-refractivity contribution in [3.63, 3.8) is 0 Å². The molecule has 3 aromatic rings. The van der Waals surface area contributed by atoms with Gasteiger partial charge in [-0.3, -0.25) is 0 Å². The number of phenolic OH excluding ortho intramolecular Hbond substituents is 1. The number of hydrogen-bond donors (Lipinski definition) is 3. The minimum atomic E-state index is 0.339. The fourth-order valence-electron chi connectivity index (χ4n) is 6.89. The molecule has 3 aliphatic rings. The van der Waals surface area contributed by atoms with Crippen molar-refractivity contribution in [2.45, 2.75) is 69.7 Å². The second-order valence-corrected chi connectivity index (χ2v) is 12.2. The summed E-state index contributed by atoms with van der Waals surface area (Å²) in [6.07, 6.45) is 12.6. The maximum Gasteiger partial charge on any atom is 0.227 e. The number of rotatable bonds is 8. The SMILES string of the molecule is NC1CCN(CCCC2CCN(c3ccc(Nc4ncc5ccc(O)c(C6CCCC6)c5n4)cc3Cl)CC2)C1. The number of nitrogens with zero attached hydrogens (tertiary/aromatic N) is 4. The van der Waals surface area contributed by atoms with Gasteiger partial charge in [0, 0.05) is 48.5 Å². The standard InChI is InChI=1S/C31H41ClN6O/c32-26-18-25(35-31-34-19-23-7-10-28(39)29(30(23)36-31)22-5-1-2-6-22)8-9-27(26)38-16-11-21(12-17-38)4-3-14-37-15-13-24(33)20-37/h7-10,18-19,21-22,24,39H,1-6,11-17,20,33H2,(H,34,35,36). The van der Waals surface area contributed by atoms with Crippen molar-refractivity contribution in [3.05, 3.63) is 47.1 Å². The number of piperidine rings is 1. The van der Waals surface area contributed by atoms with Crippen LogP contribution in [0.25, 0.3) is 10.9 Å². The normalized spacial score (nSPS) is 21.3. The van der Waals surface area contributed by atoms with Gasteiger partial charge in [-0.1, -0.05) is 24.4 Å². The molecule has 7 nitrogen and oxygen atoms in total. The molecule has 2 aliphatic heterocycles. The summed E-state index contributed by atoms with van der Waals surface area (Å²) >= 11 is 6.79. The zero-order chi connectivity index (χ0) is 26.8. The van der Waals surface area contributed by atoms with E-state index in [1.807, 2.05) is 18.3 Å². The summed E-state index contributed by atoms with van der Waals surface area (Å²) in [4.78, 5) is 14.3. The van der Waals surface area contributed by atoms with E-state index in [-0.39, 0.29) is 0 Å². The first-order valence-electron chi connectivity index (χ1n) is 14.8. The maximum atomic E-state index is 10.6. The van der Waals surface area contributed by atoms with E-state index in [0.717, 1.165) is 77.7 Å². The molecule has 6 rings (SSSR count). The first-order chi connectivity index (χ1) is 19.0. The van der Waals surface area contributed by atoms with Crippen LogP contribution in [0.5, 0.6) is 5.75 Å². The van der Waals surface area contributed by atoms with E-state index >= 15 is 0 Å². The van der Waals surface area contributed by atoms with Crippen LogP contribution in [0.2, 0.25) is 5.02 Å². The van der Waals surface area contributed by atoms with Crippen molar-refractivity contribution in [1.82, 2.24) is 14.9 Å². The van der Waals surface area contributed by atoms with Crippen molar-refractivity contribution in [1.29, 1.82) is 0 Å². The zero-order valence-electron chi connectivity index (χ0n) is 22.8. The van der Waals surface area contributed by atoms with Gasteiger partial charge in [0.1, 0.15) is 5.75 Å². The van der Waals surface area contributed by atoms with E-state index in [4.69, 9.17) is 22.3 Å². The fourth-order valence-corrected chi connectivity index (χ4v) is 7.19. The van der Waals surface area contributed by atoms with Crippen LogP contribution in [0.3, 0.4) is 0 Å². The molecule has 3 heterocycles. The second kappa shape index (κ2) is 11.9. The van der Waals surface area contributed by atoms with Crippen molar-refractivity contribution in [3.8, 4) is 5.75 Å². The van der Waals surface area contributed by atoms with Gasteiger partial charge in [-0.2, -0.15) is 0 Å². The second-order valence-electron chi connectivity index (χ2n) is 11.8. The van der Waals surface area contributed by atoms with Crippen LogP contribution >= 0.6 is 11.6 Å². The lowest BCUT2D eigenvalue weighted by atomic mass is 9.92. The van der Waals surface area contributed by atoms with Gasteiger partial charge in [-0.15, -0.1) is 0 Å². The van der Waals surface area contributed by atoms with Crippen molar-refractivity contribution in [2.75, 3.05) is 42.9 Å². The highest BCUT2D eigenvalue weighted by Crippen LogP contribution is 2.42. The first kappa shape index (κ1) is 26.6. The topological polar surface area (TPSA) is 90.5 Å². The van der Waals surface area contributed by atoms with Gasteiger partial charge in [-0.25, -0.2) is 9.97 Å². The van der Waals surface area contributed by atoms with E-state index < -0.39 is 0 Å². The molecule has 2 aromatic carbocycles. The lowest BCUT2D eigenvalue weighted by molar-refractivity contribution is 0.297. The predicted octanol–water partition coefficient (Wildman–Crippen LogP) is 6.42. The van der Waals surface area contributed by atoms with Crippen molar-refractivity contribution in [2.24, 2.45) is 11.7 Å². The molecular formula is C31H41ClN6O. The maximum absolute atomic E-state index is 10.6. The van der Waals surface area contributed by atoms with Crippen molar-refractivity contribution < 1.29 is 5.11 Å². The third kappa shape index (κ3) is 6.11. The lowest BCUT2D eigenvalue weighted by Crippen LogP contribution is -2.34. The van der Waals surface area contributed by atoms with Crippen LogP contribution in [0.1, 0.15) is 69.3 Å². The molecule has 0 amide bonds. The molecule has 8 heteroatoms. The first-order valence-corrected chi connectivity index (χ1v) is 15.2. The number of fused-ring (bicyclic) bond motifs is 1. The molecule has 1 atom stereocenters. The molecule has 0 bridgehead atoms. The van der Waals surface area contributed by atoms with E-state index in [1.165, 1.54) is 51.6 Å². The number of likely N-dealkylation sites (tertiary alicyclic amines) is 1. The number of nitrogens with two attached hydrogens (primary N) is 1. The Labute approximate surface area is 236 Å². The number of hydrogen-bond acceptors (Lipinski definition) is 7. The number of phenols is 1. The molecule has 208 valence electrons. The summed E-state index contributed by atoms with van der Waals surface area (Å²) in [5, 5.41) is 15.7. The molecule has 39 heavy (non-hydrogen) atoms.